The number of hydrogen-bond donors (Lipinski definition) is 0. The fraction of sp³-hybridized carbons (Fsp3) is 0. The molecule has 27 aromatic rings. The molecule has 27 rings (SSSR count). The number of aromatic nitrogens is 17. The lowest BCUT2D eigenvalue weighted by Crippen LogP contribution is -2.05. The minimum atomic E-state index is 0.495. The third-order valence-electron chi connectivity index (χ3n) is 24.0. The predicted molar refractivity (Wildman–Crippen MR) is 539 cm³/mol. The van der Waals surface area contributed by atoms with E-state index in [1.54, 1.807) is 17.5 Å². The SMILES string of the molecule is c1ccc(-c2nc(-c3ccccc3)nc(-c3cccc(-n4c5ccccc5c5ccc6c7ccccc7sc6c54)n3)n2)cc1.c1ccc(-c2nc(-c3ccccc3)nc(-c3ccnc(-n4c5ccccc5c5ccc6c7ccccc7sc6c54)n3)n2)cc1.c1ccc(-c2nc(-c3ccccc3)nc(-c3cnc(-n4c5ccccc5c5ccc6c7ccccc7sc6c54)nc3)n2)cc1. The lowest BCUT2D eigenvalue weighted by Gasteiger charge is -2.11. The van der Waals surface area contributed by atoms with E-state index in [0.717, 1.165) is 77.7 Å². The Morgan fingerprint density at radius 2 is 0.455 bits per heavy atom. The van der Waals surface area contributed by atoms with Gasteiger partial charge in [-0.2, -0.15) is 0 Å². The van der Waals surface area contributed by atoms with Crippen molar-refractivity contribution in [3.05, 3.63) is 407 Å². The maximum atomic E-state index is 5.23. The van der Waals surface area contributed by atoms with Crippen LogP contribution in [0.5, 0.6) is 0 Å². The minimum Gasteiger partial charge on any atom is -0.292 e. The molecule has 0 fully saturated rings. The summed E-state index contributed by atoms with van der Waals surface area (Å²) < 4.78 is 14.2. The zero-order valence-corrected chi connectivity index (χ0v) is 72.5. The highest BCUT2D eigenvalue weighted by molar-refractivity contribution is 7.27. The molecule has 20 heteroatoms. The Bertz CT molecular complexity index is 8640. The monoisotopic (exact) mass is 1750 g/mol. The van der Waals surface area contributed by atoms with Crippen LogP contribution in [0.4, 0.5) is 0 Å². The van der Waals surface area contributed by atoms with Crippen LogP contribution in [0.3, 0.4) is 0 Å². The molecule has 0 spiro atoms. The van der Waals surface area contributed by atoms with Gasteiger partial charge in [-0.15, -0.1) is 34.0 Å². The molecule has 12 aromatic heterocycles. The molecule has 12 heterocycles. The first-order valence-corrected chi connectivity index (χ1v) is 45.7. The van der Waals surface area contributed by atoms with Gasteiger partial charge in [0.15, 0.2) is 52.4 Å². The molecule has 0 aliphatic rings. The maximum absolute atomic E-state index is 5.23. The van der Waals surface area contributed by atoms with Crippen molar-refractivity contribution in [3.63, 3.8) is 0 Å². The molecule has 0 unspecified atom stereocenters. The largest absolute Gasteiger partial charge is 0.292 e. The van der Waals surface area contributed by atoms with Gasteiger partial charge in [-0.1, -0.05) is 334 Å². The lowest BCUT2D eigenvalue weighted by molar-refractivity contribution is 0.977. The van der Waals surface area contributed by atoms with Crippen LogP contribution < -0.4 is 0 Å². The molecule has 0 saturated heterocycles. The van der Waals surface area contributed by atoms with Gasteiger partial charge in [0.25, 0.3) is 0 Å². The van der Waals surface area contributed by atoms with Crippen LogP contribution in [0, 0.1) is 0 Å². The maximum Gasteiger partial charge on any atom is 0.235 e. The molecule has 618 valence electrons. The van der Waals surface area contributed by atoms with E-state index in [2.05, 4.69) is 202 Å². The summed E-state index contributed by atoms with van der Waals surface area (Å²) in [5.74, 6) is 7.18. The lowest BCUT2D eigenvalue weighted by atomic mass is 10.1. The molecule has 132 heavy (non-hydrogen) atoms. The summed E-state index contributed by atoms with van der Waals surface area (Å²) in [6, 6.07) is 133. The van der Waals surface area contributed by atoms with Crippen molar-refractivity contribution in [2.45, 2.75) is 0 Å². The zero-order chi connectivity index (χ0) is 87.1. The number of hydrogen-bond acceptors (Lipinski definition) is 17. The normalized spacial score (nSPS) is 11.6. The van der Waals surface area contributed by atoms with Crippen molar-refractivity contribution in [1.29, 1.82) is 0 Å². The molecule has 0 radical (unpaired) electrons. The Labute approximate surface area is 765 Å². The third-order valence-corrected chi connectivity index (χ3v) is 27.6. The summed E-state index contributed by atoms with van der Waals surface area (Å²) in [5.41, 5.74) is 14.2. The topological polar surface area (TPSA) is 195 Å². The van der Waals surface area contributed by atoms with Crippen LogP contribution in [-0.4, -0.2) is 83.5 Å². The van der Waals surface area contributed by atoms with Gasteiger partial charge in [-0.3, -0.25) is 13.7 Å². The highest BCUT2D eigenvalue weighted by Crippen LogP contribution is 2.47. The predicted octanol–water partition coefficient (Wildman–Crippen LogP) is 28.0. The minimum absolute atomic E-state index is 0.495. The number of para-hydroxylation sites is 3. The van der Waals surface area contributed by atoms with Crippen molar-refractivity contribution in [2.75, 3.05) is 0 Å². The van der Waals surface area contributed by atoms with Gasteiger partial charge in [-0.25, -0.2) is 69.8 Å². The number of rotatable bonds is 12. The number of fused-ring (bicyclic) bond motifs is 21. The molecule has 0 atom stereocenters. The van der Waals surface area contributed by atoms with Crippen molar-refractivity contribution in [2.24, 2.45) is 0 Å². The quantitative estimate of drug-likeness (QED) is 0.112. The van der Waals surface area contributed by atoms with E-state index >= 15 is 0 Å². The van der Waals surface area contributed by atoms with Gasteiger partial charge in [0.05, 0.1) is 52.8 Å². The van der Waals surface area contributed by atoms with Crippen molar-refractivity contribution >= 4 is 160 Å². The fourth-order valence-electron chi connectivity index (χ4n) is 17.9. The summed E-state index contributed by atoms with van der Waals surface area (Å²) in [4.78, 5) is 68.9. The molecule has 0 N–H and O–H groups in total. The second kappa shape index (κ2) is 32.5. The van der Waals surface area contributed by atoms with Gasteiger partial charge < -0.3 is 0 Å². The summed E-state index contributed by atoms with van der Waals surface area (Å²) in [5, 5.41) is 14.6. The molecule has 0 aliphatic carbocycles. The Kier molecular flexibility index (Phi) is 19.0. The zero-order valence-electron chi connectivity index (χ0n) is 70.0. The van der Waals surface area contributed by atoms with Gasteiger partial charge in [-0.05, 0) is 54.6 Å². The van der Waals surface area contributed by atoms with Gasteiger partial charge >= 0.3 is 0 Å². The van der Waals surface area contributed by atoms with Crippen molar-refractivity contribution < 1.29 is 0 Å². The van der Waals surface area contributed by atoms with Crippen LogP contribution >= 0.6 is 34.0 Å². The standard InChI is InChI=1S/C38H23N5S.2C37H22N6S/c1-3-12-24(13-4-1)36-40-37(25-14-5-2-6-15-25)42-38(41-36)30-18-11-21-33(39-30)43-31-19-9-7-16-26(31)28-22-23-29-27-17-8-10-20-32(27)44-35(29)34(28)43;1-3-11-23(12-4-1)34-40-35(24-13-5-2-6-14-24)42-36(41-34)25-21-38-37(39-22-25)43-30-17-9-7-15-26(30)28-19-20-29-27-16-8-10-18-31(27)44-33(29)32(28)43;1-3-11-23(12-4-1)34-40-35(24-13-5-2-6-14-24)42-36(41-34)29-21-22-38-37(39-29)43-30-17-9-7-15-25(30)27-19-20-28-26-16-8-10-18-31(26)44-33(28)32(27)43/h1-23H;2*1-22H. The molecular formula is C112H67N17S3. The second-order valence-corrected chi connectivity index (χ2v) is 35.0. The molecule has 0 bridgehead atoms. The van der Waals surface area contributed by atoms with E-state index in [1.807, 2.05) is 235 Å². The molecule has 17 nitrogen and oxygen atoms in total. The van der Waals surface area contributed by atoms with Crippen LogP contribution in [0.1, 0.15) is 0 Å². The van der Waals surface area contributed by atoms with E-state index in [-0.39, 0.29) is 0 Å². The molecule has 0 amide bonds. The van der Waals surface area contributed by atoms with Crippen LogP contribution in [0.2, 0.25) is 0 Å². The van der Waals surface area contributed by atoms with Gasteiger partial charge in [0.1, 0.15) is 17.2 Å². The highest BCUT2D eigenvalue weighted by Gasteiger charge is 2.26. The van der Waals surface area contributed by atoms with Crippen LogP contribution in [0.25, 0.3) is 246 Å². The summed E-state index contributed by atoms with van der Waals surface area (Å²) in [7, 11) is 0. The second-order valence-electron chi connectivity index (χ2n) is 31.9. The number of benzene rings is 15. The summed E-state index contributed by atoms with van der Waals surface area (Å²) in [6.07, 6.45) is 5.41. The van der Waals surface area contributed by atoms with Crippen molar-refractivity contribution in [1.82, 2.24) is 83.5 Å². The first kappa shape index (κ1) is 77.1. The average molecular weight is 1750 g/mol. The number of thiophene rings is 3. The number of pyridine rings is 1. The first-order valence-electron chi connectivity index (χ1n) is 43.2. The Hall–Kier alpha value is -17.3. The van der Waals surface area contributed by atoms with E-state index in [1.165, 1.54) is 93.0 Å². The Morgan fingerprint density at radius 1 is 0.174 bits per heavy atom. The third kappa shape index (κ3) is 13.6. The summed E-state index contributed by atoms with van der Waals surface area (Å²) in [6.45, 7) is 0. The van der Waals surface area contributed by atoms with Gasteiger partial charge in [0, 0.05) is 131 Å². The molecule has 15 aromatic carbocycles. The van der Waals surface area contributed by atoms with E-state index in [4.69, 9.17) is 69.8 Å². The van der Waals surface area contributed by atoms with E-state index in [9.17, 15) is 0 Å². The fourth-order valence-corrected chi connectivity index (χ4v) is 21.7. The molecule has 0 aliphatic heterocycles. The average Bonchev–Trinajstić information content (AvgIpc) is 1.57. The van der Waals surface area contributed by atoms with E-state index in [0.29, 0.717) is 75.7 Å². The highest BCUT2D eigenvalue weighted by atomic mass is 32.1. The smallest absolute Gasteiger partial charge is 0.235 e. The Balaban J connectivity index is 0.000000106. The van der Waals surface area contributed by atoms with Crippen LogP contribution in [-0.2, 0) is 0 Å². The first-order chi connectivity index (χ1) is 65.4. The molecule has 0 saturated carbocycles. The Morgan fingerprint density at radius 3 is 0.818 bits per heavy atom. The molecular weight excluding hydrogens is 1680 g/mol. The van der Waals surface area contributed by atoms with Gasteiger partial charge in [0.2, 0.25) is 11.9 Å². The van der Waals surface area contributed by atoms with E-state index < -0.39 is 0 Å². The summed E-state index contributed by atoms with van der Waals surface area (Å²) >= 11 is 5.45. The number of nitrogens with zero attached hydrogens (tertiary/aromatic N) is 17. The van der Waals surface area contributed by atoms with Crippen molar-refractivity contribution in [3.8, 4) is 120 Å². The van der Waals surface area contributed by atoms with Crippen LogP contribution in [0.15, 0.2) is 407 Å².